The standard InChI is InChI=1S/C18H25F3N2O3/c1-12-4-6-14(7-5-12)17(26)23(3)15(13(2)10-22-11-24)8-9-16(25)18(19,20)21/h4-7,11,13,15-16,25H,8-10H2,1-3H3,(H,22,24). The van der Waals surface area contributed by atoms with Gasteiger partial charge in [0.05, 0.1) is 0 Å². The summed E-state index contributed by atoms with van der Waals surface area (Å²) in [4.78, 5) is 24.6. The van der Waals surface area contributed by atoms with Gasteiger partial charge in [-0.2, -0.15) is 13.2 Å². The molecular weight excluding hydrogens is 349 g/mol. The fraction of sp³-hybridized carbons (Fsp3) is 0.556. The van der Waals surface area contributed by atoms with Gasteiger partial charge in [-0.05, 0) is 37.8 Å². The molecule has 0 spiro atoms. The maximum Gasteiger partial charge on any atom is 0.414 e. The molecule has 1 aromatic rings. The molecule has 2 amide bonds. The minimum Gasteiger partial charge on any atom is -0.384 e. The molecule has 3 atom stereocenters. The van der Waals surface area contributed by atoms with Gasteiger partial charge in [0.1, 0.15) is 6.10 Å². The van der Waals surface area contributed by atoms with Crippen LogP contribution in [0.4, 0.5) is 13.2 Å². The number of aliphatic hydroxyl groups is 1. The van der Waals surface area contributed by atoms with Crippen molar-refractivity contribution in [3.63, 3.8) is 0 Å². The second-order valence-corrected chi connectivity index (χ2v) is 6.49. The van der Waals surface area contributed by atoms with E-state index in [1.807, 2.05) is 6.92 Å². The molecule has 26 heavy (non-hydrogen) atoms. The smallest absolute Gasteiger partial charge is 0.384 e. The Kier molecular flexibility index (Phi) is 8.08. The van der Waals surface area contributed by atoms with E-state index < -0.39 is 24.7 Å². The van der Waals surface area contributed by atoms with E-state index in [2.05, 4.69) is 5.32 Å². The Labute approximate surface area is 151 Å². The van der Waals surface area contributed by atoms with E-state index >= 15 is 0 Å². The summed E-state index contributed by atoms with van der Waals surface area (Å²) in [6, 6.07) is 6.30. The maximum atomic E-state index is 12.7. The molecule has 1 aromatic carbocycles. The van der Waals surface area contributed by atoms with Crippen molar-refractivity contribution in [2.45, 2.75) is 45.0 Å². The maximum absolute atomic E-state index is 12.7. The quantitative estimate of drug-likeness (QED) is 0.653. The Morgan fingerprint density at radius 2 is 1.85 bits per heavy atom. The number of alkyl halides is 3. The predicted molar refractivity (Wildman–Crippen MR) is 91.6 cm³/mol. The first-order valence-electron chi connectivity index (χ1n) is 8.33. The van der Waals surface area contributed by atoms with Crippen LogP contribution in [0.5, 0.6) is 0 Å². The van der Waals surface area contributed by atoms with Gasteiger partial charge in [0.15, 0.2) is 0 Å². The summed E-state index contributed by atoms with van der Waals surface area (Å²) < 4.78 is 37.7. The number of aliphatic hydroxyl groups excluding tert-OH is 1. The Hall–Kier alpha value is -2.09. The van der Waals surface area contributed by atoms with Gasteiger partial charge < -0.3 is 15.3 Å². The second-order valence-electron chi connectivity index (χ2n) is 6.49. The van der Waals surface area contributed by atoms with Crippen molar-refractivity contribution >= 4 is 12.3 Å². The third-order valence-electron chi connectivity index (χ3n) is 4.41. The number of aryl methyl sites for hydroxylation is 1. The summed E-state index contributed by atoms with van der Waals surface area (Å²) in [6.45, 7) is 3.83. The van der Waals surface area contributed by atoms with Gasteiger partial charge in [-0.3, -0.25) is 9.59 Å². The summed E-state index contributed by atoms with van der Waals surface area (Å²) in [5.41, 5.74) is 1.41. The van der Waals surface area contributed by atoms with Crippen molar-refractivity contribution in [2.75, 3.05) is 13.6 Å². The lowest BCUT2D eigenvalue weighted by molar-refractivity contribution is -0.206. The molecule has 0 aliphatic heterocycles. The molecule has 0 heterocycles. The SMILES string of the molecule is Cc1ccc(C(=O)N(C)C(CCC(O)C(F)(F)F)C(C)CNC=O)cc1. The first kappa shape index (κ1) is 22.0. The molecule has 0 saturated carbocycles. The zero-order chi connectivity index (χ0) is 19.9. The topological polar surface area (TPSA) is 69.6 Å². The van der Waals surface area contributed by atoms with Crippen LogP contribution in [0.2, 0.25) is 0 Å². The average molecular weight is 374 g/mol. The number of hydrogen-bond donors (Lipinski definition) is 2. The van der Waals surface area contributed by atoms with Gasteiger partial charge in [-0.15, -0.1) is 0 Å². The molecule has 8 heteroatoms. The van der Waals surface area contributed by atoms with Crippen LogP contribution in [-0.2, 0) is 4.79 Å². The third kappa shape index (κ3) is 6.33. The molecule has 5 nitrogen and oxygen atoms in total. The van der Waals surface area contributed by atoms with Gasteiger partial charge in [0.2, 0.25) is 6.41 Å². The second kappa shape index (κ2) is 9.56. The molecule has 0 bridgehead atoms. The Balaban J connectivity index is 2.92. The van der Waals surface area contributed by atoms with Crippen LogP contribution < -0.4 is 5.32 Å². The Bertz CT molecular complexity index is 590. The highest BCUT2D eigenvalue weighted by molar-refractivity contribution is 5.94. The van der Waals surface area contributed by atoms with Crippen LogP contribution in [0, 0.1) is 12.8 Å². The number of nitrogens with zero attached hydrogens (tertiary/aromatic N) is 1. The van der Waals surface area contributed by atoms with Crippen molar-refractivity contribution in [1.29, 1.82) is 0 Å². The van der Waals surface area contributed by atoms with Crippen molar-refractivity contribution in [3.8, 4) is 0 Å². The number of rotatable bonds is 9. The minimum absolute atomic E-state index is 0.0452. The highest BCUT2D eigenvalue weighted by atomic mass is 19.4. The number of carbonyl (C=O) groups is 2. The van der Waals surface area contributed by atoms with Gasteiger partial charge in [-0.25, -0.2) is 0 Å². The monoisotopic (exact) mass is 374 g/mol. The summed E-state index contributed by atoms with van der Waals surface area (Å²) in [7, 11) is 1.52. The molecule has 146 valence electrons. The molecule has 0 fully saturated rings. The highest BCUT2D eigenvalue weighted by Gasteiger charge is 2.39. The number of hydrogen-bond acceptors (Lipinski definition) is 3. The van der Waals surface area contributed by atoms with Crippen LogP contribution >= 0.6 is 0 Å². The minimum atomic E-state index is -4.70. The van der Waals surface area contributed by atoms with E-state index in [0.29, 0.717) is 12.0 Å². The van der Waals surface area contributed by atoms with E-state index in [0.717, 1.165) is 5.56 Å². The largest absolute Gasteiger partial charge is 0.414 e. The molecule has 0 aliphatic rings. The van der Waals surface area contributed by atoms with Crippen molar-refractivity contribution in [2.24, 2.45) is 5.92 Å². The molecule has 0 saturated heterocycles. The van der Waals surface area contributed by atoms with Gasteiger partial charge in [0, 0.05) is 25.2 Å². The summed E-state index contributed by atoms with van der Waals surface area (Å²) >= 11 is 0. The van der Waals surface area contributed by atoms with Crippen LogP contribution in [0.15, 0.2) is 24.3 Å². The number of amides is 2. The van der Waals surface area contributed by atoms with Crippen molar-refractivity contribution in [1.82, 2.24) is 10.2 Å². The van der Waals surface area contributed by atoms with Gasteiger partial charge >= 0.3 is 6.18 Å². The van der Waals surface area contributed by atoms with E-state index in [1.165, 1.54) is 11.9 Å². The zero-order valence-electron chi connectivity index (χ0n) is 15.1. The first-order chi connectivity index (χ1) is 12.1. The number of halogens is 3. The third-order valence-corrected chi connectivity index (χ3v) is 4.41. The summed E-state index contributed by atoms with van der Waals surface area (Å²) in [5.74, 6) is -0.616. The van der Waals surface area contributed by atoms with Crippen molar-refractivity contribution < 1.29 is 27.9 Å². The molecule has 0 aliphatic carbocycles. The lowest BCUT2D eigenvalue weighted by Gasteiger charge is -2.34. The van der Waals surface area contributed by atoms with Gasteiger partial charge in [-0.1, -0.05) is 24.6 Å². The Morgan fingerprint density at radius 3 is 2.35 bits per heavy atom. The highest BCUT2D eigenvalue weighted by Crippen LogP contribution is 2.26. The van der Waals surface area contributed by atoms with Crippen LogP contribution in [0.1, 0.15) is 35.7 Å². The number of carbonyl (C=O) groups excluding carboxylic acids is 2. The normalized spacial score (nSPS) is 15.0. The Morgan fingerprint density at radius 1 is 1.27 bits per heavy atom. The lowest BCUT2D eigenvalue weighted by Crippen LogP contribution is -2.45. The van der Waals surface area contributed by atoms with E-state index in [4.69, 9.17) is 0 Å². The summed E-state index contributed by atoms with van der Waals surface area (Å²) in [5, 5.41) is 11.7. The first-order valence-corrected chi connectivity index (χ1v) is 8.33. The van der Waals surface area contributed by atoms with Crippen LogP contribution in [-0.4, -0.2) is 54.2 Å². The van der Waals surface area contributed by atoms with E-state index in [1.54, 1.807) is 31.2 Å². The van der Waals surface area contributed by atoms with Gasteiger partial charge in [0.25, 0.3) is 5.91 Å². The molecule has 2 N–H and O–H groups in total. The average Bonchev–Trinajstić information content (AvgIpc) is 2.58. The molecular formula is C18H25F3N2O3. The lowest BCUT2D eigenvalue weighted by atomic mass is 9.93. The molecule has 0 radical (unpaired) electrons. The number of nitrogens with one attached hydrogen (secondary N) is 1. The van der Waals surface area contributed by atoms with Crippen LogP contribution in [0.3, 0.4) is 0 Å². The molecule has 3 unspecified atom stereocenters. The number of benzene rings is 1. The fourth-order valence-electron chi connectivity index (χ4n) is 2.77. The summed E-state index contributed by atoms with van der Waals surface area (Å²) in [6.07, 6.45) is -7.21. The predicted octanol–water partition coefficient (Wildman–Crippen LogP) is 2.52. The fourth-order valence-corrected chi connectivity index (χ4v) is 2.77. The van der Waals surface area contributed by atoms with E-state index in [-0.39, 0.29) is 24.8 Å². The zero-order valence-corrected chi connectivity index (χ0v) is 15.1. The molecule has 0 aromatic heterocycles. The van der Waals surface area contributed by atoms with Crippen LogP contribution in [0.25, 0.3) is 0 Å². The molecule has 1 rings (SSSR count). The van der Waals surface area contributed by atoms with E-state index in [9.17, 15) is 27.9 Å². The van der Waals surface area contributed by atoms with Crippen molar-refractivity contribution in [3.05, 3.63) is 35.4 Å².